The number of nitro groups is 1. The number of nitrogens with zero attached hydrogens (tertiary/aromatic N) is 4. The summed E-state index contributed by atoms with van der Waals surface area (Å²) in [5.74, 6) is 0. The average Bonchev–Trinajstić information content (AvgIpc) is 2.36. The number of hydrogen-bond donors (Lipinski definition) is 0. The molecule has 2 rings (SSSR count). The van der Waals surface area contributed by atoms with Gasteiger partial charge in [0.25, 0.3) is 5.69 Å². The zero-order valence-electron chi connectivity index (χ0n) is 9.32. The van der Waals surface area contributed by atoms with Crippen LogP contribution in [0.4, 0.5) is 11.4 Å². The van der Waals surface area contributed by atoms with Gasteiger partial charge in [-0.1, -0.05) is 11.9 Å². The van der Waals surface area contributed by atoms with E-state index in [1.54, 1.807) is 23.6 Å². The van der Waals surface area contributed by atoms with Gasteiger partial charge in [0.1, 0.15) is 5.52 Å². The molecule has 0 saturated heterocycles. The van der Waals surface area contributed by atoms with Crippen molar-refractivity contribution in [2.45, 2.75) is 0 Å². The maximum absolute atomic E-state index is 11.0. The van der Waals surface area contributed by atoms with Crippen LogP contribution in [0.15, 0.2) is 24.5 Å². The van der Waals surface area contributed by atoms with E-state index in [1.165, 1.54) is 24.2 Å². The number of fused-ring (bicyclic) bond motifs is 1. The predicted molar refractivity (Wildman–Crippen MR) is 68.1 cm³/mol. The van der Waals surface area contributed by atoms with Crippen molar-refractivity contribution in [1.29, 1.82) is 0 Å². The Morgan fingerprint density at radius 3 is 2.71 bits per heavy atom. The van der Waals surface area contributed by atoms with E-state index in [0.717, 1.165) is 0 Å². The Morgan fingerprint density at radius 1 is 1.35 bits per heavy atom. The Kier molecular flexibility index (Phi) is 3.10. The van der Waals surface area contributed by atoms with Gasteiger partial charge in [0.15, 0.2) is 5.69 Å². The third-order valence-electron chi connectivity index (χ3n) is 2.38. The van der Waals surface area contributed by atoms with Crippen LogP contribution in [0.5, 0.6) is 0 Å². The van der Waals surface area contributed by atoms with Gasteiger partial charge in [0, 0.05) is 31.8 Å². The number of hydrogen-bond acceptors (Lipinski definition) is 6. The molecule has 0 atom stereocenters. The van der Waals surface area contributed by atoms with Crippen LogP contribution in [0.1, 0.15) is 0 Å². The Morgan fingerprint density at radius 2 is 2.06 bits per heavy atom. The van der Waals surface area contributed by atoms with Crippen LogP contribution in [0.3, 0.4) is 0 Å². The highest BCUT2D eigenvalue weighted by atomic mass is 32.2. The third kappa shape index (κ3) is 2.01. The lowest BCUT2D eigenvalue weighted by molar-refractivity contribution is -0.383. The molecule has 0 amide bonds. The standard InChI is InChI=1S/C10H10N4O2S/c1-13(17-2)10-8(14(15)16)4-3-7-9(10)12-6-5-11-7/h3-6H,1-2H3. The van der Waals surface area contributed by atoms with Crippen LogP contribution in [0.25, 0.3) is 11.0 Å². The summed E-state index contributed by atoms with van der Waals surface area (Å²) in [5.41, 5.74) is 1.70. The number of anilines is 1. The van der Waals surface area contributed by atoms with E-state index in [9.17, 15) is 10.1 Å². The first kappa shape index (κ1) is 11.6. The van der Waals surface area contributed by atoms with Crippen LogP contribution in [-0.2, 0) is 0 Å². The fourth-order valence-electron chi connectivity index (χ4n) is 1.56. The molecule has 0 aliphatic rings. The first-order valence-corrected chi connectivity index (χ1v) is 5.99. The largest absolute Gasteiger partial charge is 0.312 e. The van der Waals surface area contributed by atoms with E-state index in [2.05, 4.69) is 9.97 Å². The molecular weight excluding hydrogens is 240 g/mol. The van der Waals surface area contributed by atoms with Crippen molar-refractivity contribution in [2.75, 3.05) is 17.6 Å². The summed E-state index contributed by atoms with van der Waals surface area (Å²) in [5, 5.41) is 11.0. The van der Waals surface area contributed by atoms with Crippen LogP contribution in [0, 0.1) is 10.1 Å². The smallest absolute Gasteiger partial charge is 0.295 e. The van der Waals surface area contributed by atoms with Crippen molar-refractivity contribution in [2.24, 2.45) is 0 Å². The highest BCUT2D eigenvalue weighted by Crippen LogP contribution is 2.35. The Labute approximate surface area is 102 Å². The molecule has 0 radical (unpaired) electrons. The number of nitro benzene ring substituents is 1. The van der Waals surface area contributed by atoms with E-state index < -0.39 is 4.92 Å². The maximum Gasteiger partial charge on any atom is 0.295 e. The van der Waals surface area contributed by atoms with Gasteiger partial charge in [-0.3, -0.25) is 20.1 Å². The van der Waals surface area contributed by atoms with E-state index in [0.29, 0.717) is 16.7 Å². The molecule has 0 aliphatic heterocycles. The summed E-state index contributed by atoms with van der Waals surface area (Å²) >= 11 is 1.39. The van der Waals surface area contributed by atoms with Gasteiger partial charge in [-0.05, 0) is 6.07 Å². The second kappa shape index (κ2) is 4.54. The Hall–Kier alpha value is -1.89. The highest BCUT2D eigenvalue weighted by Gasteiger charge is 2.21. The first-order chi connectivity index (χ1) is 8.15. The maximum atomic E-state index is 11.0. The molecule has 17 heavy (non-hydrogen) atoms. The minimum Gasteiger partial charge on any atom is -0.312 e. The van der Waals surface area contributed by atoms with Crippen LogP contribution in [-0.4, -0.2) is 28.2 Å². The topological polar surface area (TPSA) is 72.2 Å². The van der Waals surface area contributed by atoms with Crippen molar-refractivity contribution < 1.29 is 4.92 Å². The predicted octanol–water partition coefficient (Wildman–Crippen LogP) is 2.25. The summed E-state index contributed by atoms with van der Waals surface area (Å²) in [7, 11) is 1.76. The molecule has 2 aromatic rings. The first-order valence-electron chi connectivity index (χ1n) is 4.81. The Balaban J connectivity index is 2.79. The molecule has 0 unspecified atom stereocenters. The van der Waals surface area contributed by atoms with Gasteiger partial charge < -0.3 is 4.31 Å². The molecule has 0 aliphatic carbocycles. The molecule has 1 aromatic heterocycles. The van der Waals surface area contributed by atoms with Crippen LogP contribution in [0.2, 0.25) is 0 Å². The van der Waals surface area contributed by atoms with Crippen molar-refractivity contribution >= 4 is 34.4 Å². The molecule has 0 bridgehead atoms. The van der Waals surface area contributed by atoms with Crippen LogP contribution >= 0.6 is 11.9 Å². The summed E-state index contributed by atoms with van der Waals surface area (Å²) < 4.78 is 1.72. The molecule has 0 saturated carbocycles. The van der Waals surface area contributed by atoms with Gasteiger partial charge in [-0.25, -0.2) is 0 Å². The minimum atomic E-state index is -0.407. The molecule has 0 spiro atoms. The van der Waals surface area contributed by atoms with E-state index in [4.69, 9.17) is 0 Å². The van der Waals surface area contributed by atoms with Crippen LogP contribution < -0.4 is 4.31 Å². The second-order valence-electron chi connectivity index (χ2n) is 3.29. The Bertz CT molecular complexity index is 575. The highest BCUT2D eigenvalue weighted by molar-refractivity contribution is 7.99. The molecule has 6 nitrogen and oxygen atoms in total. The SMILES string of the molecule is CSN(C)c1c([N+](=O)[O-])ccc2nccnc12. The summed E-state index contributed by atoms with van der Waals surface area (Å²) in [6.45, 7) is 0. The van der Waals surface area contributed by atoms with E-state index in [-0.39, 0.29) is 5.69 Å². The molecule has 7 heteroatoms. The zero-order valence-corrected chi connectivity index (χ0v) is 10.1. The minimum absolute atomic E-state index is 0.0369. The fourth-order valence-corrected chi connectivity index (χ4v) is 1.92. The lowest BCUT2D eigenvalue weighted by atomic mass is 10.2. The van der Waals surface area contributed by atoms with Gasteiger partial charge in [0.05, 0.1) is 10.4 Å². The average molecular weight is 250 g/mol. The van der Waals surface area contributed by atoms with E-state index in [1.807, 2.05) is 6.26 Å². The third-order valence-corrected chi connectivity index (χ3v) is 3.11. The number of benzene rings is 1. The van der Waals surface area contributed by atoms with Gasteiger partial charge >= 0.3 is 0 Å². The lowest BCUT2D eigenvalue weighted by Crippen LogP contribution is -2.09. The summed E-state index contributed by atoms with van der Waals surface area (Å²) in [6, 6.07) is 3.07. The van der Waals surface area contributed by atoms with Crippen molar-refractivity contribution in [3.05, 3.63) is 34.6 Å². The molecule has 1 aromatic carbocycles. The molecular formula is C10H10N4O2S. The van der Waals surface area contributed by atoms with E-state index >= 15 is 0 Å². The van der Waals surface area contributed by atoms with Gasteiger partial charge in [0.2, 0.25) is 0 Å². The second-order valence-corrected chi connectivity index (χ2v) is 4.21. The zero-order chi connectivity index (χ0) is 12.4. The monoisotopic (exact) mass is 250 g/mol. The summed E-state index contributed by atoms with van der Waals surface area (Å²) in [4.78, 5) is 18.9. The van der Waals surface area contributed by atoms with Crippen molar-refractivity contribution in [3.63, 3.8) is 0 Å². The fraction of sp³-hybridized carbons (Fsp3) is 0.200. The molecule has 0 N–H and O–H groups in total. The molecule has 0 fully saturated rings. The quantitative estimate of drug-likeness (QED) is 0.472. The van der Waals surface area contributed by atoms with Gasteiger partial charge in [-0.15, -0.1) is 0 Å². The summed E-state index contributed by atoms with van der Waals surface area (Å²) in [6.07, 6.45) is 4.94. The lowest BCUT2D eigenvalue weighted by Gasteiger charge is -2.16. The molecule has 1 heterocycles. The van der Waals surface area contributed by atoms with Crippen molar-refractivity contribution in [3.8, 4) is 0 Å². The van der Waals surface area contributed by atoms with Gasteiger partial charge in [-0.2, -0.15) is 0 Å². The number of rotatable bonds is 3. The normalized spacial score (nSPS) is 10.5. The van der Waals surface area contributed by atoms with Crippen molar-refractivity contribution in [1.82, 2.24) is 9.97 Å². The molecule has 88 valence electrons. The number of aromatic nitrogens is 2.